The third kappa shape index (κ3) is 3.42. The van der Waals surface area contributed by atoms with Crippen molar-refractivity contribution in [1.82, 2.24) is 24.8 Å². The van der Waals surface area contributed by atoms with E-state index in [1.54, 1.807) is 11.8 Å². The van der Waals surface area contributed by atoms with E-state index in [1.165, 1.54) is 0 Å². The summed E-state index contributed by atoms with van der Waals surface area (Å²) in [5.74, 6) is 0.924. The Balaban J connectivity index is 1.52. The van der Waals surface area contributed by atoms with Gasteiger partial charge < -0.3 is 14.9 Å². The fourth-order valence-electron chi connectivity index (χ4n) is 3.69. The molecular formula is C19H21N5O3. The molecule has 27 heavy (non-hydrogen) atoms. The molecular weight excluding hydrogens is 346 g/mol. The Morgan fingerprint density at radius 2 is 2.04 bits per heavy atom. The molecule has 3 N–H and O–H groups in total. The largest absolute Gasteiger partial charge is 0.342 e. The van der Waals surface area contributed by atoms with Crippen molar-refractivity contribution in [2.24, 2.45) is 0 Å². The Kier molecular flexibility index (Phi) is 4.39. The van der Waals surface area contributed by atoms with Crippen LogP contribution in [0.1, 0.15) is 35.8 Å². The Morgan fingerprint density at radius 1 is 1.22 bits per heavy atom. The van der Waals surface area contributed by atoms with Gasteiger partial charge in [-0.25, -0.2) is 9.78 Å². The van der Waals surface area contributed by atoms with Crippen molar-refractivity contribution in [3.05, 3.63) is 62.2 Å². The van der Waals surface area contributed by atoms with E-state index in [2.05, 4.69) is 19.9 Å². The number of para-hydroxylation sites is 2. The number of aryl methyl sites for hydroxylation is 1. The van der Waals surface area contributed by atoms with Crippen LogP contribution in [0.2, 0.25) is 0 Å². The molecule has 1 aromatic carbocycles. The van der Waals surface area contributed by atoms with Gasteiger partial charge >= 0.3 is 5.69 Å². The van der Waals surface area contributed by atoms with Crippen LogP contribution in [-0.4, -0.2) is 43.8 Å². The number of hydrogen-bond donors (Lipinski definition) is 3. The van der Waals surface area contributed by atoms with Crippen LogP contribution in [0.25, 0.3) is 11.0 Å². The lowest BCUT2D eigenvalue weighted by Crippen LogP contribution is -2.41. The number of hydrogen-bond acceptors (Lipinski definition) is 4. The molecule has 2 aromatic heterocycles. The zero-order valence-corrected chi connectivity index (χ0v) is 15.0. The van der Waals surface area contributed by atoms with E-state index < -0.39 is 11.2 Å². The standard InChI is InChI=1S/C19H21N5O3/c1-11-13(18(26)23-19(27)20-11)9-16(25)24-8-4-5-12(10-24)17-21-14-6-2-3-7-15(14)22-17/h2-3,6-7,12H,4-5,8-10H2,1H3,(H,21,22)(H2,20,23,26,27)/t12-/m1/s1. The lowest BCUT2D eigenvalue weighted by Gasteiger charge is -2.32. The number of benzene rings is 1. The summed E-state index contributed by atoms with van der Waals surface area (Å²) in [6, 6.07) is 7.87. The molecule has 140 valence electrons. The summed E-state index contributed by atoms with van der Waals surface area (Å²) in [6.07, 6.45) is 1.82. The number of carbonyl (C=O) groups excluding carboxylic acids is 1. The predicted molar refractivity (Wildman–Crippen MR) is 101 cm³/mol. The molecule has 0 aliphatic carbocycles. The van der Waals surface area contributed by atoms with Gasteiger partial charge in [0, 0.05) is 30.3 Å². The van der Waals surface area contributed by atoms with E-state index in [0.29, 0.717) is 24.3 Å². The Morgan fingerprint density at radius 3 is 2.81 bits per heavy atom. The highest BCUT2D eigenvalue weighted by atomic mass is 16.2. The minimum absolute atomic E-state index is 0.0230. The molecule has 1 amide bonds. The number of nitrogens with one attached hydrogen (secondary N) is 3. The normalized spacial score (nSPS) is 17.4. The van der Waals surface area contributed by atoms with Crippen molar-refractivity contribution in [2.75, 3.05) is 13.1 Å². The number of likely N-dealkylation sites (tertiary alicyclic amines) is 1. The molecule has 0 saturated carbocycles. The Hall–Kier alpha value is -3.16. The van der Waals surface area contributed by atoms with E-state index in [9.17, 15) is 14.4 Å². The van der Waals surface area contributed by atoms with Crippen molar-refractivity contribution in [3.8, 4) is 0 Å². The van der Waals surface area contributed by atoms with E-state index >= 15 is 0 Å². The van der Waals surface area contributed by atoms with Gasteiger partial charge in [-0.3, -0.25) is 14.6 Å². The first-order chi connectivity index (χ1) is 13.0. The average molecular weight is 367 g/mol. The number of imidazole rings is 1. The molecule has 0 radical (unpaired) electrons. The van der Waals surface area contributed by atoms with Crippen LogP contribution >= 0.6 is 0 Å². The van der Waals surface area contributed by atoms with Gasteiger partial charge in [-0.15, -0.1) is 0 Å². The van der Waals surface area contributed by atoms with Crippen LogP contribution < -0.4 is 11.2 Å². The van der Waals surface area contributed by atoms with E-state index in [0.717, 1.165) is 29.7 Å². The van der Waals surface area contributed by atoms with Crippen LogP contribution in [0, 0.1) is 6.92 Å². The van der Waals surface area contributed by atoms with Crippen molar-refractivity contribution in [1.29, 1.82) is 0 Å². The summed E-state index contributed by atoms with van der Waals surface area (Å²) >= 11 is 0. The second kappa shape index (κ2) is 6.86. The minimum atomic E-state index is -0.559. The molecule has 3 aromatic rings. The van der Waals surface area contributed by atoms with E-state index in [-0.39, 0.29) is 18.2 Å². The summed E-state index contributed by atoms with van der Waals surface area (Å²) in [4.78, 5) is 50.6. The van der Waals surface area contributed by atoms with Gasteiger partial charge in [0.1, 0.15) is 5.82 Å². The Bertz CT molecular complexity index is 1080. The highest BCUT2D eigenvalue weighted by molar-refractivity contribution is 5.79. The van der Waals surface area contributed by atoms with Crippen LogP contribution in [0.15, 0.2) is 33.9 Å². The zero-order chi connectivity index (χ0) is 19.0. The van der Waals surface area contributed by atoms with Crippen molar-refractivity contribution >= 4 is 16.9 Å². The molecule has 0 unspecified atom stereocenters. The summed E-state index contributed by atoms with van der Waals surface area (Å²) in [6.45, 7) is 2.86. The van der Waals surface area contributed by atoms with Gasteiger partial charge in [-0.1, -0.05) is 12.1 Å². The van der Waals surface area contributed by atoms with Crippen LogP contribution in [0.4, 0.5) is 0 Å². The number of carbonyl (C=O) groups is 1. The van der Waals surface area contributed by atoms with Gasteiger partial charge in [0.05, 0.1) is 17.5 Å². The zero-order valence-electron chi connectivity index (χ0n) is 15.0. The molecule has 1 atom stereocenters. The summed E-state index contributed by atoms with van der Waals surface area (Å²) in [5, 5.41) is 0. The maximum Gasteiger partial charge on any atom is 0.325 e. The lowest BCUT2D eigenvalue weighted by atomic mass is 9.96. The van der Waals surface area contributed by atoms with E-state index in [4.69, 9.17) is 0 Å². The molecule has 8 heteroatoms. The average Bonchev–Trinajstić information content (AvgIpc) is 3.09. The number of nitrogens with zero attached hydrogens (tertiary/aromatic N) is 2. The van der Waals surface area contributed by atoms with Crippen molar-refractivity contribution in [3.63, 3.8) is 0 Å². The molecule has 0 bridgehead atoms. The van der Waals surface area contributed by atoms with Gasteiger partial charge in [-0.2, -0.15) is 0 Å². The summed E-state index contributed by atoms with van der Waals surface area (Å²) < 4.78 is 0. The first kappa shape index (κ1) is 17.3. The first-order valence-electron chi connectivity index (χ1n) is 9.06. The van der Waals surface area contributed by atoms with E-state index in [1.807, 2.05) is 24.3 Å². The lowest BCUT2D eigenvalue weighted by molar-refractivity contribution is -0.131. The highest BCUT2D eigenvalue weighted by Gasteiger charge is 2.27. The molecule has 3 heterocycles. The molecule has 1 saturated heterocycles. The fourth-order valence-corrected chi connectivity index (χ4v) is 3.69. The summed E-state index contributed by atoms with van der Waals surface area (Å²) in [7, 11) is 0. The molecule has 8 nitrogen and oxygen atoms in total. The fraction of sp³-hybridized carbons (Fsp3) is 0.368. The minimum Gasteiger partial charge on any atom is -0.342 e. The molecule has 1 aliphatic heterocycles. The number of amides is 1. The number of piperidine rings is 1. The van der Waals surface area contributed by atoms with Gasteiger partial charge in [0.25, 0.3) is 5.56 Å². The van der Waals surface area contributed by atoms with Crippen molar-refractivity contribution < 1.29 is 4.79 Å². The monoisotopic (exact) mass is 367 g/mol. The van der Waals surface area contributed by atoms with Crippen LogP contribution in [0.3, 0.4) is 0 Å². The molecule has 1 fully saturated rings. The third-order valence-electron chi connectivity index (χ3n) is 5.15. The SMILES string of the molecule is Cc1[nH]c(=O)[nH]c(=O)c1CC(=O)N1CCC[C@@H](c2nc3ccccc3[nH]2)C1. The van der Waals surface area contributed by atoms with Crippen LogP contribution in [-0.2, 0) is 11.2 Å². The number of aromatic nitrogens is 4. The van der Waals surface area contributed by atoms with Gasteiger partial charge in [0.2, 0.25) is 5.91 Å². The number of H-pyrrole nitrogens is 3. The number of rotatable bonds is 3. The van der Waals surface area contributed by atoms with Crippen LogP contribution in [0.5, 0.6) is 0 Å². The molecule has 0 spiro atoms. The maximum absolute atomic E-state index is 12.8. The van der Waals surface area contributed by atoms with Gasteiger partial charge in [-0.05, 0) is 31.9 Å². The smallest absolute Gasteiger partial charge is 0.325 e. The summed E-state index contributed by atoms with van der Waals surface area (Å²) in [5.41, 5.74) is 1.60. The molecule has 1 aliphatic rings. The maximum atomic E-state index is 12.8. The first-order valence-corrected chi connectivity index (χ1v) is 9.06. The Labute approximate surface area is 154 Å². The second-order valence-electron chi connectivity index (χ2n) is 7.01. The highest BCUT2D eigenvalue weighted by Crippen LogP contribution is 2.27. The van der Waals surface area contributed by atoms with Crippen molar-refractivity contribution in [2.45, 2.75) is 32.1 Å². The third-order valence-corrected chi connectivity index (χ3v) is 5.15. The topological polar surface area (TPSA) is 115 Å². The number of aromatic amines is 3. The molecule has 4 rings (SSSR count). The predicted octanol–water partition coefficient (Wildman–Crippen LogP) is 1.20. The second-order valence-corrected chi connectivity index (χ2v) is 7.01. The van der Waals surface area contributed by atoms with Gasteiger partial charge in [0.15, 0.2) is 0 Å². The number of fused-ring (bicyclic) bond motifs is 1. The quantitative estimate of drug-likeness (QED) is 0.645.